The number of carbonyl (C=O) groups is 1. The fraction of sp³-hybridized carbons (Fsp3) is 0.875. The highest BCUT2D eigenvalue weighted by atomic mass is 35.5. The number of carbonyl (C=O) groups excluding carboxylic acids is 1. The van der Waals surface area contributed by atoms with E-state index in [2.05, 4.69) is 0 Å². The van der Waals surface area contributed by atoms with Crippen molar-refractivity contribution in [3.63, 3.8) is 0 Å². The molecule has 0 aromatic carbocycles. The van der Waals surface area contributed by atoms with Crippen LogP contribution < -0.4 is 0 Å². The van der Waals surface area contributed by atoms with E-state index in [1.807, 2.05) is 0 Å². The normalized spacial score (nSPS) is 12.9. The average Bonchev–Trinajstić information content (AvgIpc) is 2.11. The highest BCUT2D eigenvalue weighted by Crippen LogP contribution is 2.20. The molecular weight excluding hydrogens is 291 g/mol. The highest BCUT2D eigenvalue weighted by Gasteiger charge is 2.28. The Balaban J connectivity index is 4.34. The summed E-state index contributed by atoms with van der Waals surface area (Å²) in [6.07, 6.45) is -0.282. The van der Waals surface area contributed by atoms with Crippen LogP contribution in [0.15, 0.2) is 0 Å². The molecule has 6 nitrogen and oxygen atoms in total. The molecule has 0 spiro atoms. The molecule has 0 aliphatic rings. The van der Waals surface area contributed by atoms with Crippen molar-refractivity contribution in [3.05, 3.63) is 0 Å². The fourth-order valence-electron chi connectivity index (χ4n) is 1.13. The first kappa shape index (κ1) is 16.9. The highest BCUT2D eigenvalue weighted by molar-refractivity contribution is 7.85. The van der Waals surface area contributed by atoms with E-state index in [4.69, 9.17) is 28.1 Å². The Bertz CT molecular complexity index is 370. The van der Waals surface area contributed by atoms with Gasteiger partial charge in [0.1, 0.15) is 0 Å². The van der Waals surface area contributed by atoms with Crippen LogP contribution in [0.4, 0.5) is 0 Å². The zero-order chi connectivity index (χ0) is 13.9. The molecule has 0 bridgehead atoms. The van der Waals surface area contributed by atoms with Crippen molar-refractivity contribution in [1.29, 1.82) is 0 Å². The molecule has 17 heavy (non-hydrogen) atoms. The summed E-state index contributed by atoms with van der Waals surface area (Å²) in [7, 11) is -2.62. The summed E-state index contributed by atoms with van der Waals surface area (Å²) in [5, 5.41) is 0. The number of rotatable bonds is 6. The number of hydrogen-bond acceptors (Lipinski definition) is 4. The van der Waals surface area contributed by atoms with E-state index in [1.54, 1.807) is 13.8 Å². The molecule has 0 aliphatic heterocycles. The van der Waals surface area contributed by atoms with E-state index in [0.29, 0.717) is 0 Å². The quantitative estimate of drug-likeness (QED) is 0.587. The number of halogens is 2. The zero-order valence-electron chi connectivity index (χ0n) is 9.85. The zero-order valence-corrected chi connectivity index (χ0v) is 12.2. The van der Waals surface area contributed by atoms with Crippen LogP contribution in [0.3, 0.4) is 0 Å². The van der Waals surface area contributed by atoms with Gasteiger partial charge in [0, 0.05) is 20.0 Å². The molecule has 0 unspecified atom stereocenters. The smallest absolute Gasteiger partial charge is 0.265 e. The van der Waals surface area contributed by atoms with Gasteiger partial charge in [-0.1, -0.05) is 0 Å². The molecular formula is C8H16Cl2N2O4S. The lowest BCUT2D eigenvalue weighted by Gasteiger charge is -2.32. The van der Waals surface area contributed by atoms with Crippen molar-refractivity contribution in [2.45, 2.75) is 25.8 Å². The molecule has 0 heterocycles. The van der Waals surface area contributed by atoms with Crippen molar-refractivity contribution in [1.82, 2.24) is 8.84 Å². The van der Waals surface area contributed by atoms with Gasteiger partial charge >= 0.3 is 0 Å². The summed E-state index contributed by atoms with van der Waals surface area (Å²) in [5.41, 5.74) is -0.661. The van der Waals surface area contributed by atoms with Crippen LogP contribution in [-0.4, -0.2) is 52.6 Å². The predicted octanol–water partition coefficient (Wildman–Crippen LogP) is 1.11. The molecule has 1 N–H and O–H groups in total. The number of nitrogens with zero attached hydrogens (tertiary/aromatic N) is 2. The Morgan fingerprint density at radius 3 is 2.18 bits per heavy atom. The number of amides is 1. The largest absolute Gasteiger partial charge is 0.344 e. The van der Waals surface area contributed by atoms with Gasteiger partial charge < -0.3 is 4.90 Å². The minimum Gasteiger partial charge on any atom is -0.344 e. The molecule has 1 amide bonds. The third-order valence-corrected chi connectivity index (χ3v) is 3.72. The van der Waals surface area contributed by atoms with Crippen molar-refractivity contribution < 1.29 is 17.8 Å². The molecule has 9 heteroatoms. The molecule has 0 saturated heterocycles. The van der Waals surface area contributed by atoms with E-state index in [9.17, 15) is 13.2 Å². The third kappa shape index (κ3) is 7.05. The van der Waals surface area contributed by atoms with Gasteiger partial charge in [-0.3, -0.25) is 9.35 Å². The number of likely N-dealkylation sites (N-methyl/N-ethyl adjacent to an activating group) is 1. The van der Waals surface area contributed by atoms with E-state index < -0.39 is 27.3 Å². The van der Waals surface area contributed by atoms with Crippen molar-refractivity contribution >= 4 is 39.6 Å². The standard InChI is InChI=1S/C8H16Cl2N2O4S/c1-8(2,12(9)10)6-11(3)7(13)4-5-17(14,15)16/h4-6H2,1-3H3,(H,14,15,16). The Morgan fingerprint density at radius 1 is 1.35 bits per heavy atom. The topological polar surface area (TPSA) is 77.9 Å². The van der Waals surface area contributed by atoms with Crippen LogP contribution in [0.2, 0.25) is 0 Å². The summed E-state index contributed by atoms with van der Waals surface area (Å²) in [4.78, 5) is 12.8. The second kappa shape index (κ2) is 6.19. The van der Waals surface area contributed by atoms with Gasteiger partial charge in [0.2, 0.25) is 5.91 Å². The number of hydrogen-bond donors (Lipinski definition) is 1. The van der Waals surface area contributed by atoms with E-state index >= 15 is 0 Å². The summed E-state index contributed by atoms with van der Waals surface area (Å²) in [5.74, 6) is -1.01. The Labute approximate surface area is 111 Å². The maximum absolute atomic E-state index is 11.5. The van der Waals surface area contributed by atoms with Crippen molar-refractivity contribution in [2.24, 2.45) is 0 Å². The molecule has 102 valence electrons. The average molecular weight is 307 g/mol. The monoisotopic (exact) mass is 306 g/mol. The van der Waals surface area contributed by atoms with Crippen LogP contribution in [0.1, 0.15) is 20.3 Å². The Kier molecular flexibility index (Phi) is 6.16. The second-order valence-corrected chi connectivity index (χ2v) is 6.75. The summed E-state index contributed by atoms with van der Waals surface area (Å²) >= 11 is 11.2. The van der Waals surface area contributed by atoms with E-state index in [0.717, 1.165) is 3.94 Å². The van der Waals surface area contributed by atoms with Crippen molar-refractivity contribution in [3.8, 4) is 0 Å². The molecule has 0 atom stereocenters. The minimum atomic E-state index is -4.12. The van der Waals surface area contributed by atoms with Gasteiger partial charge in [-0.25, -0.2) is 0 Å². The van der Waals surface area contributed by atoms with Gasteiger partial charge in [0.15, 0.2) is 0 Å². The molecule has 0 aromatic rings. The third-order valence-electron chi connectivity index (χ3n) is 2.08. The predicted molar refractivity (Wildman–Crippen MR) is 66.3 cm³/mol. The van der Waals surface area contributed by atoms with Gasteiger partial charge in [-0.05, 0) is 37.4 Å². The van der Waals surface area contributed by atoms with Crippen molar-refractivity contribution in [2.75, 3.05) is 19.3 Å². The summed E-state index contributed by atoms with van der Waals surface area (Å²) in [6, 6.07) is 0. The van der Waals surface area contributed by atoms with Crippen LogP contribution in [-0.2, 0) is 14.9 Å². The molecule has 0 saturated carbocycles. The van der Waals surface area contributed by atoms with E-state index in [1.165, 1.54) is 11.9 Å². The molecule has 0 radical (unpaired) electrons. The lowest BCUT2D eigenvalue weighted by atomic mass is 10.1. The molecule has 0 rings (SSSR count). The molecule has 0 aliphatic carbocycles. The summed E-state index contributed by atoms with van der Waals surface area (Å²) in [6.45, 7) is 3.67. The second-order valence-electron chi connectivity index (χ2n) is 4.33. The summed E-state index contributed by atoms with van der Waals surface area (Å²) < 4.78 is 30.4. The van der Waals surface area contributed by atoms with Crippen LogP contribution in [0, 0.1) is 0 Å². The Morgan fingerprint density at radius 2 is 1.82 bits per heavy atom. The fourth-order valence-corrected chi connectivity index (χ4v) is 1.67. The van der Waals surface area contributed by atoms with Gasteiger partial charge in [-0.2, -0.15) is 8.42 Å². The van der Waals surface area contributed by atoms with Crippen LogP contribution >= 0.6 is 23.6 Å². The SMILES string of the molecule is CN(CC(C)(C)N(Cl)Cl)C(=O)CCS(=O)(=O)O. The molecule has 0 aromatic heterocycles. The van der Waals surface area contributed by atoms with Crippen LogP contribution in [0.5, 0.6) is 0 Å². The lowest BCUT2D eigenvalue weighted by molar-refractivity contribution is -0.130. The minimum absolute atomic E-state index is 0.226. The first-order chi connectivity index (χ1) is 7.46. The van der Waals surface area contributed by atoms with Crippen LogP contribution in [0.25, 0.3) is 0 Å². The first-order valence-corrected chi connectivity index (χ1v) is 7.05. The lowest BCUT2D eigenvalue weighted by Crippen LogP contribution is -2.45. The van der Waals surface area contributed by atoms with Gasteiger partial charge in [0.05, 0.1) is 11.3 Å². The maximum atomic E-state index is 11.5. The first-order valence-electron chi connectivity index (χ1n) is 4.76. The van der Waals surface area contributed by atoms with E-state index in [-0.39, 0.29) is 13.0 Å². The molecule has 0 fully saturated rings. The Hall–Kier alpha value is -0.0800. The van der Waals surface area contributed by atoms with Gasteiger partial charge in [-0.15, -0.1) is 3.94 Å². The maximum Gasteiger partial charge on any atom is 0.265 e. The van der Waals surface area contributed by atoms with Gasteiger partial charge in [0.25, 0.3) is 10.1 Å².